The molecule has 1 N–H and O–H groups in total. The molecule has 2 aromatic carbocycles. The molecule has 4 rings (SSSR count). The van der Waals surface area contributed by atoms with Crippen LogP contribution < -0.4 is 14.8 Å². The number of hydrogen-bond donors (Lipinski definition) is 1. The zero-order valence-corrected chi connectivity index (χ0v) is 20.3. The van der Waals surface area contributed by atoms with Gasteiger partial charge in [0.05, 0.1) is 14.2 Å². The lowest BCUT2D eigenvalue weighted by Gasteiger charge is -2.30. The molecule has 3 aromatic rings. The van der Waals surface area contributed by atoms with E-state index in [2.05, 4.69) is 15.2 Å². The number of aromatic nitrogens is 1. The Labute approximate surface area is 205 Å². The van der Waals surface area contributed by atoms with Crippen molar-refractivity contribution in [3.63, 3.8) is 0 Å². The van der Waals surface area contributed by atoms with Gasteiger partial charge in [0.15, 0.2) is 0 Å². The Morgan fingerprint density at radius 3 is 2.63 bits per heavy atom. The van der Waals surface area contributed by atoms with Crippen molar-refractivity contribution in [1.82, 2.24) is 15.2 Å². The number of benzene rings is 2. The number of nitrogens with one attached hydrogen (secondary N) is 1. The minimum Gasteiger partial charge on any atom is -0.497 e. The number of ether oxygens (including phenoxy) is 2. The van der Waals surface area contributed by atoms with Crippen LogP contribution >= 0.6 is 0 Å². The molecule has 1 amide bonds. The van der Waals surface area contributed by atoms with E-state index in [0.29, 0.717) is 12.1 Å². The van der Waals surface area contributed by atoms with Gasteiger partial charge in [0.1, 0.15) is 17.3 Å². The number of fused-ring (bicyclic) bond motifs is 1. The Kier molecular flexibility index (Phi) is 7.77. The molecule has 0 bridgehead atoms. The molecule has 1 aliphatic rings. The van der Waals surface area contributed by atoms with Gasteiger partial charge in [-0.15, -0.1) is 0 Å². The minimum atomic E-state index is -0.356. The molecule has 0 unspecified atom stereocenters. The van der Waals surface area contributed by atoms with Crippen LogP contribution in [0.15, 0.2) is 54.7 Å². The highest BCUT2D eigenvalue weighted by Gasteiger charge is 2.21. The van der Waals surface area contributed by atoms with E-state index in [4.69, 9.17) is 9.47 Å². The van der Waals surface area contributed by atoms with Crippen LogP contribution in [0.25, 0.3) is 6.08 Å². The predicted octanol–water partition coefficient (Wildman–Crippen LogP) is 4.43. The molecule has 0 saturated heterocycles. The molecule has 0 radical (unpaired) electrons. The number of carbonyl (C=O) groups is 1. The van der Waals surface area contributed by atoms with Crippen molar-refractivity contribution in [3.8, 4) is 11.5 Å². The summed E-state index contributed by atoms with van der Waals surface area (Å²) >= 11 is 0. The predicted molar refractivity (Wildman–Crippen MR) is 134 cm³/mol. The number of rotatable bonds is 8. The summed E-state index contributed by atoms with van der Waals surface area (Å²) in [4.78, 5) is 19.3. The quantitative estimate of drug-likeness (QED) is 0.488. The summed E-state index contributed by atoms with van der Waals surface area (Å²) in [6, 6.07) is 12.3. The van der Waals surface area contributed by atoms with Gasteiger partial charge < -0.3 is 14.8 Å². The number of pyridine rings is 1. The lowest BCUT2D eigenvalue weighted by Crippen LogP contribution is -2.32. The number of hydrogen-bond acceptors (Lipinski definition) is 5. The van der Waals surface area contributed by atoms with Gasteiger partial charge in [0.2, 0.25) is 5.91 Å². The van der Waals surface area contributed by atoms with E-state index in [0.717, 1.165) is 54.4 Å². The molecular weight excluding hydrogens is 445 g/mol. The van der Waals surface area contributed by atoms with Crippen molar-refractivity contribution in [1.29, 1.82) is 0 Å². The van der Waals surface area contributed by atoms with Gasteiger partial charge in [-0.2, -0.15) is 0 Å². The normalized spacial score (nSPS) is 13.5. The maximum Gasteiger partial charge on any atom is 0.244 e. The van der Waals surface area contributed by atoms with E-state index >= 15 is 0 Å². The van der Waals surface area contributed by atoms with Gasteiger partial charge in [-0.3, -0.25) is 14.7 Å². The number of nitrogens with zero attached hydrogens (tertiary/aromatic N) is 2. The first kappa shape index (κ1) is 24.4. The Balaban J connectivity index is 1.42. The summed E-state index contributed by atoms with van der Waals surface area (Å²) in [5.74, 6) is 0.924. The molecular formula is C28H30FN3O3. The van der Waals surface area contributed by atoms with E-state index < -0.39 is 0 Å². The third-order valence-electron chi connectivity index (χ3n) is 6.25. The van der Waals surface area contributed by atoms with E-state index in [1.807, 2.05) is 31.3 Å². The Hall–Kier alpha value is -3.71. The second-order valence-electron chi connectivity index (χ2n) is 8.58. The summed E-state index contributed by atoms with van der Waals surface area (Å²) in [5, 5.41) is 2.93. The summed E-state index contributed by atoms with van der Waals surface area (Å²) in [6.45, 7) is 4.79. The molecule has 1 aromatic heterocycles. The molecule has 35 heavy (non-hydrogen) atoms. The fourth-order valence-corrected chi connectivity index (χ4v) is 4.38. The van der Waals surface area contributed by atoms with Crippen molar-refractivity contribution in [2.45, 2.75) is 33.0 Å². The molecule has 0 saturated carbocycles. The second kappa shape index (κ2) is 11.1. The van der Waals surface area contributed by atoms with E-state index in [1.165, 1.54) is 29.3 Å². The fraction of sp³-hybridized carbons (Fsp3) is 0.286. The van der Waals surface area contributed by atoms with Gasteiger partial charge in [0, 0.05) is 55.8 Å². The molecule has 182 valence electrons. The van der Waals surface area contributed by atoms with Crippen LogP contribution in [0, 0.1) is 12.7 Å². The topological polar surface area (TPSA) is 63.7 Å². The first-order chi connectivity index (χ1) is 17.0. The van der Waals surface area contributed by atoms with E-state index in [1.54, 1.807) is 32.4 Å². The molecule has 6 nitrogen and oxygen atoms in total. The number of methoxy groups -OCH3 is 2. The minimum absolute atomic E-state index is 0.269. The zero-order chi connectivity index (χ0) is 24.8. The SMILES string of the molecule is COc1cc(CN2CCc3c(cnc(C)c3CNC(=O)/C=C/c3ccccc3F)C2)cc(OC)c1. The molecule has 1 aliphatic heterocycles. The van der Waals surface area contributed by atoms with Crippen LogP contribution in [0.4, 0.5) is 4.39 Å². The number of halogens is 1. The molecule has 0 fully saturated rings. The average molecular weight is 476 g/mol. The summed E-state index contributed by atoms with van der Waals surface area (Å²) in [6.07, 6.45) is 5.66. The van der Waals surface area contributed by atoms with Gasteiger partial charge >= 0.3 is 0 Å². The highest BCUT2D eigenvalue weighted by molar-refractivity contribution is 5.91. The molecule has 2 heterocycles. The number of amides is 1. The molecule has 7 heteroatoms. The van der Waals surface area contributed by atoms with Crippen LogP contribution in [0.3, 0.4) is 0 Å². The summed E-state index contributed by atoms with van der Waals surface area (Å²) in [5.41, 5.74) is 5.88. The summed E-state index contributed by atoms with van der Waals surface area (Å²) in [7, 11) is 3.31. The van der Waals surface area contributed by atoms with Gasteiger partial charge in [-0.05, 0) is 59.9 Å². The monoisotopic (exact) mass is 475 g/mol. The van der Waals surface area contributed by atoms with Crippen LogP contribution in [0.2, 0.25) is 0 Å². The Morgan fingerprint density at radius 2 is 1.91 bits per heavy atom. The van der Waals surface area contributed by atoms with Crippen molar-refractivity contribution in [2.24, 2.45) is 0 Å². The second-order valence-corrected chi connectivity index (χ2v) is 8.58. The number of aryl methyl sites for hydroxylation is 1. The maximum absolute atomic E-state index is 13.8. The Bertz CT molecular complexity index is 1220. The Morgan fingerprint density at radius 1 is 1.17 bits per heavy atom. The van der Waals surface area contributed by atoms with E-state index in [9.17, 15) is 9.18 Å². The molecule has 0 aliphatic carbocycles. The summed E-state index contributed by atoms with van der Waals surface area (Å²) < 4.78 is 24.6. The highest BCUT2D eigenvalue weighted by atomic mass is 19.1. The third kappa shape index (κ3) is 6.05. The zero-order valence-electron chi connectivity index (χ0n) is 20.3. The van der Waals surface area contributed by atoms with Crippen molar-refractivity contribution >= 4 is 12.0 Å². The van der Waals surface area contributed by atoms with Gasteiger partial charge in [-0.25, -0.2) is 4.39 Å². The van der Waals surface area contributed by atoms with Crippen LogP contribution in [-0.2, 0) is 30.8 Å². The van der Waals surface area contributed by atoms with Crippen molar-refractivity contribution < 1.29 is 18.7 Å². The standard InChI is InChI=1S/C28H30FN3O3/c1-19-26(16-31-28(33)9-8-21-6-4-5-7-27(21)29)25-10-11-32(18-22(25)15-30-19)17-20-12-23(34-2)14-24(13-20)35-3/h4-9,12-15H,10-11,16-18H2,1-3H3,(H,31,33)/b9-8+. The average Bonchev–Trinajstić information content (AvgIpc) is 2.87. The van der Waals surface area contributed by atoms with Gasteiger partial charge in [-0.1, -0.05) is 18.2 Å². The van der Waals surface area contributed by atoms with Crippen molar-refractivity contribution in [2.75, 3.05) is 20.8 Å². The third-order valence-corrected chi connectivity index (χ3v) is 6.25. The largest absolute Gasteiger partial charge is 0.497 e. The van der Waals surface area contributed by atoms with Crippen LogP contribution in [-0.4, -0.2) is 36.6 Å². The first-order valence-corrected chi connectivity index (χ1v) is 11.6. The van der Waals surface area contributed by atoms with Gasteiger partial charge in [0.25, 0.3) is 0 Å². The molecule has 0 atom stereocenters. The maximum atomic E-state index is 13.8. The first-order valence-electron chi connectivity index (χ1n) is 11.6. The van der Waals surface area contributed by atoms with Crippen molar-refractivity contribution in [3.05, 3.63) is 94.1 Å². The highest BCUT2D eigenvalue weighted by Crippen LogP contribution is 2.27. The lowest BCUT2D eigenvalue weighted by molar-refractivity contribution is -0.116. The van der Waals surface area contributed by atoms with E-state index in [-0.39, 0.29) is 11.7 Å². The smallest absolute Gasteiger partial charge is 0.244 e. The van der Waals surface area contributed by atoms with Crippen LogP contribution in [0.1, 0.15) is 33.5 Å². The lowest BCUT2D eigenvalue weighted by atomic mass is 9.94. The molecule has 0 spiro atoms. The van der Waals surface area contributed by atoms with Crippen LogP contribution in [0.5, 0.6) is 11.5 Å². The fourth-order valence-electron chi connectivity index (χ4n) is 4.38. The number of carbonyl (C=O) groups excluding carboxylic acids is 1.